The van der Waals surface area contributed by atoms with Crippen LogP contribution in [0.1, 0.15) is 33.4 Å². The highest BCUT2D eigenvalue weighted by molar-refractivity contribution is 6.07. The van der Waals surface area contributed by atoms with Crippen molar-refractivity contribution in [1.29, 1.82) is 0 Å². The summed E-state index contributed by atoms with van der Waals surface area (Å²) in [5.41, 5.74) is 13.9. The first-order chi connectivity index (χ1) is 26.6. The Morgan fingerprint density at radius 3 is 0.889 bits per heavy atom. The Balaban J connectivity index is 1.18. The van der Waals surface area contributed by atoms with Gasteiger partial charge in [0.15, 0.2) is 0 Å². The molecule has 0 radical (unpaired) electrons. The van der Waals surface area contributed by atoms with Crippen LogP contribution < -0.4 is 9.80 Å². The quantitative estimate of drug-likeness (QED) is 0.132. The third-order valence-electron chi connectivity index (χ3n) is 9.78. The number of hydrogen-bond donors (Lipinski definition) is 0. The Morgan fingerprint density at radius 1 is 0.278 bits per heavy atom. The Morgan fingerprint density at radius 2 is 0.556 bits per heavy atom. The van der Waals surface area contributed by atoms with Crippen LogP contribution in [-0.2, 0) is 0 Å². The van der Waals surface area contributed by atoms with Gasteiger partial charge in [-0.25, -0.2) is 0 Å². The van der Waals surface area contributed by atoms with Crippen LogP contribution in [0.4, 0.5) is 34.1 Å². The standard InChI is InChI=1S/C52H42N2/c1-39-17-21-41(22-18-39)25-27-43-29-33-47(34-30-43)53(45-11-5-3-6-12-45)51-37-38-52(50-16-10-9-15-49(50)51)54(46-13-7-4-8-14-46)48-35-31-44(32-36-48)28-26-42-23-19-40(2)20-24-42/h3-38H,1-2H3/b27-25+,28-26+. The monoisotopic (exact) mass is 694 g/mol. The largest absolute Gasteiger partial charge is 0.310 e. The van der Waals surface area contributed by atoms with Crippen LogP contribution in [0.3, 0.4) is 0 Å². The molecule has 0 amide bonds. The van der Waals surface area contributed by atoms with Crippen molar-refractivity contribution in [2.45, 2.75) is 13.8 Å². The van der Waals surface area contributed by atoms with Gasteiger partial charge >= 0.3 is 0 Å². The Bertz CT molecular complexity index is 2330. The van der Waals surface area contributed by atoms with Crippen molar-refractivity contribution in [3.05, 3.63) is 228 Å². The number of para-hydroxylation sites is 2. The van der Waals surface area contributed by atoms with Crippen LogP contribution in [0, 0.1) is 13.8 Å². The fourth-order valence-electron chi connectivity index (χ4n) is 6.87. The van der Waals surface area contributed by atoms with E-state index in [1.807, 2.05) is 0 Å². The lowest BCUT2D eigenvalue weighted by molar-refractivity contribution is 1.27. The van der Waals surface area contributed by atoms with Gasteiger partial charge in [0.1, 0.15) is 0 Å². The van der Waals surface area contributed by atoms with Crippen LogP contribution >= 0.6 is 0 Å². The third-order valence-corrected chi connectivity index (χ3v) is 9.78. The topological polar surface area (TPSA) is 6.48 Å². The average molecular weight is 695 g/mol. The molecule has 0 saturated heterocycles. The molecule has 0 unspecified atom stereocenters. The van der Waals surface area contributed by atoms with Gasteiger partial charge in [-0.1, -0.05) is 169 Å². The van der Waals surface area contributed by atoms with Crippen molar-refractivity contribution in [2.75, 3.05) is 9.80 Å². The third kappa shape index (κ3) is 7.65. The molecule has 0 aliphatic rings. The molecule has 0 bridgehead atoms. The number of anilines is 6. The van der Waals surface area contributed by atoms with Crippen LogP contribution in [-0.4, -0.2) is 0 Å². The first kappa shape index (κ1) is 34.2. The van der Waals surface area contributed by atoms with Crippen LogP contribution in [0.5, 0.6) is 0 Å². The normalized spacial score (nSPS) is 11.4. The molecule has 8 aromatic rings. The second kappa shape index (κ2) is 15.8. The zero-order chi connectivity index (χ0) is 36.7. The highest BCUT2D eigenvalue weighted by Crippen LogP contribution is 2.45. The lowest BCUT2D eigenvalue weighted by atomic mass is 10.0. The maximum Gasteiger partial charge on any atom is 0.0541 e. The maximum atomic E-state index is 2.36. The summed E-state index contributed by atoms with van der Waals surface area (Å²) in [6.07, 6.45) is 8.70. The molecular formula is C52H42N2. The molecule has 54 heavy (non-hydrogen) atoms. The minimum Gasteiger partial charge on any atom is -0.310 e. The molecule has 0 atom stereocenters. The van der Waals surface area contributed by atoms with E-state index in [1.54, 1.807) is 0 Å². The number of hydrogen-bond acceptors (Lipinski definition) is 2. The van der Waals surface area contributed by atoms with Gasteiger partial charge in [-0.05, 0) is 96.8 Å². The molecule has 0 heterocycles. The van der Waals surface area contributed by atoms with Gasteiger partial charge in [0.25, 0.3) is 0 Å². The molecule has 8 aromatic carbocycles. The summed E-state index contributed by atoms with van der Waals surface area (Å²) < 4.78 is 0. The predicted molar refractivity (Wildman–Crippen MR) is 234 cm³/mol. The van der Waals surface area contributed by atoms with E-state index in [0.29, 0.717) is 0 Å². The van der Waals surface area contributed by atoms with E-state index >= 15 is 0 Å². The predicted octanol–water partition coefficient (Wildman–Crippen LogP) is 14.7. The molecule has 0 saturated carbocycles. The van der Waals surface area contributed by atoms with Gasteiger partial charge in [-0.15, -0.1) is 0 Å². The van der Waals surface area contributed by atoms with Crippen molar-refractivity contribution >= 4 is 69.2 Å². The Hall–Kier alpha value is -6.90. The zero-order valence-electron chi connectivity index (χ0n) is 30.7. The van der Waals surface area contributed by atoms with E-state index in [9.17, 15) is 0 Å². The van der Waals surface area contributed by atoms with Gasteiger partial charge in [-0.2, -0.15) is 0 Å². The fraction of sp³-hybridized carbons (Fsp3) is 0.0385. The molecule has 0 N–H and O–H groups in total. The van der Waals surface area contributed by atoms with Crippen molar-refractivity contribution in [2.24, 2.45) is 0 Å². The fourth-order valence-corrected chi connectivity index (χ4v) is 6.87. The summed E-state index contributed by atoms with van der Waals surface area (Å²) in [6.45, 7) is 4.23. The van der Waals surface area contributed by atoms with Crippen LogP contribution in [0.15, 0.2) is 194 Å². The minimum absolute atomic E-state index is 1.10. The van der Waals surface area contributed by atoms with Crippen LogP contribution in [0.2, 0.25) is 0 Å². The van der Waals surface area contributed by atoms with Gasteiger partial charge in [0, 0.05) is 33.5 Å². The Labute approximate surface area is 319 Å². The number of nitrogens with zero attached hydrogens (tertiary/aromatic N) is 2. The number of aryl methyl sites for hydroxylation is 2. The van der Waals surface area contributed by atoms with E-state index in [4.69, 9.17) is 0 Å². The first-order valence-electron chi connectivity index (χ1n) is 18.5. The number of fused-ring (bicyclic) bond motifs is 1. The van der Waals surface area contributed by atoms with Gasteiger partial charge < -0.3 is 9.80 Å². The summed E-state index contributed by atoms with van der Waals surface area (Å²) in [6, 6.07) is 69.5. The number of rotatable bonds is 10. The molecule has 0 spiro atoms. The van der Waals surface area contributed by atoms with Crippen molar-refractivity contribution in [1.82, 2.24) is 0 Å². The summed E-state index contributed by atoms with van der Waals surface area (Å²) >= 11 is 0. The maximum absolute atomic E-state index is 2.36. The first-order valence-corrected chi connectivity index (χ1v) is 18.5. The van der Waals surface area contributed by atoms with Gasteiger partial charge in [0.2, 0.25) is 0 Å². The van der Waals surface area contributed by atoms with Gasteiger partial charge in [-0.3, -0.25) is 0 Å². The van der Waals surface area contributed by atoms with E-state index in [0.717, 1.165) is 45.3 Å². The molecule has 260 valence electrons. The summed E-state index contributed by atoms with van der Waals surface area (Å²) in [5, 5.41) is 2.33. The number of benzene rings is 8. The van der Waals surface area contributed by atoms with Crippen molar-refractivity contribution in [3.63, 3.8) is 0 Å². The smallest absolute Gasteiger partial charge is 0.0541 e. The zero-order valence-corrected chi connectivity index (χ0v) is 30.7. The second-order valence-electron chi connectivity index (χ2n) is 13.7. The lowest BCUT2D eigenvalue weighted by Gasteiger charge is -2.30. The van der Waals surface area contributed by atoms with Crippen LogP contribution in [0.25, 0.3) is 35.1 Å². The van der Waals surface area contributed by atoms with E-state index in [1.165, 1.54) is 33.0 Å². The molecule has 0 aromatic heterocycles. The Kier molecular flexibility index (Phi) is 9.99. The van der Waals surface area contributed by atoms with Crippen molar-refractivity contribution < 1.29 is 0 Å². The highest BCUT2D eigenvalue weighted by Gasteiger charge is 2.20. The van der Waals surface area contributed by atoms with E-state index < -0.39 is 0 Å². The highest BCUT2D eigenvalue weighted by atomic mass is 15.2. The molecule has 8 rings (SSSR count). The molecule has 0 aliphatic heterocycles. The minimum atomic E-state index is 1.10. The summed E-state index contributed by atoms with van der Waals surface area (Å²) in [4.78, 5) is 4.73. The van der Waals surface area contributed by atoms with Crippen molar-refractivity contribution in [3.8, 4) is 0 Å². The summed E-state index contributed by atoms with van der Waals surface area (Å²) in [5.74, 6) is 0. The van der Waals surface area contributed by atoms with E-state index in [-0.39, 0.29) is 0 Å². The van der Waals surface area contributed by atoms with Gasteiger partial charge in [0.05, 0.1) is 11.4 Å². The molecule has 2 nitrogen and oxygen atoms in total. The summed E-state index contributed by atoms with van der Waals surface area (Å²) in [7, 11) is 0. The molecule has 2 heteroatoms. The second-order valence-corrected chi connectivity index (χ2v) is 13.7. The molecule has 0 aliphatic carbocycles. The average Bonchev–Trinajstić information content (AvgIpc) is 3.23. The SMILES string of the molecule is Cc1ccc(/C=C/c2ccc(N(c3ccccc3)c3ccc(N(c4ccccc4)c4ccc(/C=C/c5ccc(C)cc5)cc4)c4ccccc34)cc2)cc1. The molecular weight excluding hydrogens is 653 g/mol. The molecule has 0 fully saturated rings. The lowest BCUT2D eigenvalue weighted by Crippen LogP contribution is -2.13. The van der Waals surface area contributed by atoms with E-state index in [2.05, 4.69) is 242 Å².